The smallest absolute Gasteiger partial charge is 0.182 e. The van der Waals surface area contributed by atoms with Gasteiger partial charge in [-0.2, -0.15) is 5.26 Å². The molecule has 1 N–H and O–H groups in total. The lowest BCUT2D eigenvalue weighted by Crippen LogP contribution is -2.04. The van der Waals surface area contributed by atoms with Crippen LogP contribution in [0.1, 0.15) is 16.4 Å². The highest BCUT2D eigenvalue weighted by Gasteiger charge is 2.04. The predicted octanol–water partition coefficient (Wildman–Crippen LogP) is 1.73. The van der Waals surface area contributed by atoms with Crippen LogP contribution in [0.25, 0.3) is 0 Å². The van der Waals surface area contributed by atoms with E-state index in [2.05, 4.69) is 20.3 Å². The first kappa shape index (κ1) is 10.5. The molecule has 0 aliphatic heterocycles. The summed E-state index contributed by atoms with van der Waals surface area (Å²) < 4.78 is 0. The Bertz CT molecular complexity index is 528. The van der Waals surface area contributed by atoms with E-state index in [1.165, 1.54) is 6.20 Å². The molecule has 80 valence electrons. The molecule has 0 aromatic carbocycles. The minimum Gasteiger partial charge on any atom is -0.361 e. The molecular weight excluding hydrogens is 222 g/mol. The fourth-order valence-electron chi connectivity index (χ4n) is 1.19. The molecule has 0 unspecified atom stereocenters. The third-order valence-electron chi connectivity index (χ3n) is 1.88. The number of hydrogen-bond acceptors (Lipinski definition) is 6. The number of nitriles is 1. The molecule has 6 heteroatoms. The highest BCUT2D eigenvalue weighted by Crippen LogP contribution is 2.12. The van der Waals surface area contributed by atoms with Crippen molar-refractivity contribution in [1.82, 2.24) is 15.0 Å². The van der Waals surface area contributed by atoms with E-state index in [-0.39, 0.29) is 0 Å². The van der Waals surface area contributed by atoms with Gasteiger partial charge in [-0.3, -0.25) is 0 Å². The molecule has 0 aliphatic carbocycles. The molecule has 0 aliphatic rings. The van der Waals surface area contributed by atoms with Crippen LogP contribution in [0, 0.1) is 18.3 Å². The molecular formula is C10H9N5S. The highest BCUT2D eigenvalue weighted by atomic mass is 32.1. The minimum atomic E-state index is 0.302. The summed E-state index contributed by atoms with van der Waals surface area (Å²) in [7, 11) is 0. The van der Waals surface area contributed by atoms with Gasteiger partial charge in [0, 0.05) is 23.5 Å². The summed E-state index contributed by atoms with van der Waals surface area (Å²) in [6.07, 6.45) is 3.05. The lowest BCUT2D eigenvalue weighted by Gasteiger charge is -2.03. The van der Waals surface area contributed by atoms with E-state index in [1.54, 1.807) is 17.5 Å². The molecule has 0 fully saturated rings. The molecule has 16 heavy (non-hydrogen) atoms. The summed E-state index contributed by atoms with van der Waals surface area (Å²) in [5.74, 6) is 0.498. The third kappa shape index (κ3) is 2.32. The van der Waals surface area contributed by atoms with Crippen LogP contribution in [0.3, 0.4) is 0 Å². The van der Waals surface area contributed by atoms with Crippen LogP contribution in [0.2, 0.25) is 0 Å². The Hall–Kier alpha value is -2.00. The summed E-state index contributed by atoms with van der Waals surface area (Å²) in [5, 5.41) is 14.8. The van der Waals surface area contributed by atoms with Crippen molar-refractivity contribution in [3.05, 3.63) is 34.2 Å². The third-order valence-corrected chi connectivity index (χ3v) is 2.84. The van der Waals surface area contributed by atoms with E-state index in [9.17, 15) is 0 Å². The van der Waals surface area contributed by atoms with Crippen molar-refractivity contribution in [3.8, 4) is 6.07 Å². The van der Waals surface area contributed by atoms with Crippen molar-refractivity contribution in [2.45, 2.75) is 13.5 Å². The zero-order chi connectivity index (χ0) is 11.4. The molecule has 2 rings (SSSR count). The Morgan fingerprint density at radius 3 is 2.94 bits per heavy atom. The van der Waals surface area contributed by atoms with Crippen LogP contribution in [0.4, 0.5) is 5.82 Å². The second kappa shape index (κ2) is 4.68. The number of thiazole rings is 1. The van der Waals surface area contributed by atoms with Crippen molar-refractivity contribution < 1.29 is 0 Å². The second-order valence-electron chi connectivity index (χ2n) is 3.10. The van der Waals surface area contributed by atoms with Gasteiger partial charge in [0.05, 0.1) is 6.54 Å². The Labute approximate surface area is 96.8 Å². The number of rotatable bonds is 3. The first-order valence-electron chi connectivity index (χ1n) is 4.65. The number of aryl methyl sites for hydroxylation is 1. The largest absolute Gasteiger partial charge is 0.361 e. The predicted molar refractivity (Wildman–Crippen MR) is 60.9 cm³/mol. The van der Waals surface area contributed by atoms with Gasteiger partial charge in [0.15, 0.2) is 11.5 Å². The lowest BCUT2D eigenvalue weighted by atomic mass is 10.4. The van der Waals surface area contributed by atoms with Gasteiger partial charge in [-0.25, -0.2) is 15.0 Å². The Kier molecular flexibility index (Phi) is 3.08. The fraction of sp³-hybridized carbons (Fsp3) is 0.200. The fourth-order valence-corrected chi connectivity index (χ4v) is 1.90. The van der Waals surface area contributed by atoms with Crippen molar-refractivity contribution in [2.75, 3.05) is 5.32 Å². The first-order chi connectivity index (χ1) is 7.79. The average Bonchev–Trinajstić information content (AvgIpc) is 2.73. The number of anilines is 1. The quantitative estimate of drug-likeness (QED) is 0.870. The number of nitrogens with one attached hydrogen (secondary N) is 1. The van der Waals surface area contributed by atoms with E-state index in [0.29, 0.717) is 18.1 Å². The molecule has 0 atom stereocenters. The number of aromatic nitrogens is 3. The normalized spacial score (nSPS) is 9.75. The van der Waals surface area contributed by atoms with Crippen LogP contribution >= 0.6 is 11.3 Å². The van der Waals surface area contributed by atoms with Gasteiger partial charge in [-0.05, 0) is 6.92 Å². The SMILES string of the molecule is Cc1csc(CNc2nccnc2C#N)n1. The molecule has 0 spiro atoms. The van der Waals surface area contributed by atoms with Gasteiger partial charge < -0.3 is 5.32 Å². The van der Waals surface area contributed by atoms with E-state index < -0.39 is 0 Å². The Morgan fingerprint density at radius 2 is 2.25 bits per heavy atom. The number of hydrogen-bond donors (Lipinski definition) is 1. The molecule has 2 aromatic heterocycles. The van der Waals surface area contributed by atoms with Crippen molar-refractivity contribution in [3.63, 3.8) is 0 Å². The maximum absolute atomic E-state index is 8.81. The van der Waals surface area contributed by atoms with Crippen molar-refractivity contribution in [2.24, 2.45) is 0 Å². The molecule has 0 saturated carbocycles. The van der Waals surface area contributed by atoms with Crippen molar-refractivity contribution in [1.29, 1.82) is 5.26 Å². The van der Waals surface area contributed by atoms with Crippen LogP contribution in [0.15, 0.2) is 17.8 Å². The van der Waals surface area contributed by atoms with Gasteiger partial charge in [0.1, 0.15) is 11.1 Å². The second-order valence-corrected chi connectivity index (χ2v) is 4.04. The van der Waals surface area contributed by atoms with Crippen LogP contribution < -0.4 is 5.32 Å². The van der Waals surface area contributed by atoms with E-state index >= 15 is 0 Å². The Morgan fingerprint density at radius 1 is 1.44 bits per heavy atom. The van der Waals surface area contributed by atoms with Crippen LogP contribution in [-0.2, 0) is 6.54 Å². The summed E-state index contributed by atoms with van der Waals surface area (Å²) >= 11 is 1.58. The standard InChI is InChI=1S/C10H9N5S/c1-7-6-16-9(15-7)5-14-10-8(4-11)12-2-3-13-10/h2-3,6H,5H2,1H3,(H,13,14). The molecule has 0 radical (unpaired) electrons. The summed E-state index contributed by atoms with van der Waals surface area (Å²) in [5.41, 5.74) is 1.30. The topological polar surface area (TPSA) is 74.5 Å². The minimum absolute atomic E-state index is 0.302. The van der Waals surface area contributed by atoms with Gasteiger partial charge in [0.25, 0.3) is 0 Å². The lowest BCUT2D eigenvalue weighted by molar-refractivity contribution is 1.04. The van der Waals surface area contributed by atoms with Crippen LogP contribution in [0.5, 0.6) is 0 Å². The van der Waals surface area contributed by atoms with Gasteiger partial charge in [-0.1, -0.05) is 0 Å². The zero-order valence-corrected chi connectivity index (χ0v) is 9.45. The molecule has 2 heterocycles. The number of nitrogens with zero attached hydrogens (tertiary/aromatic N) is 4. The highest BCUT2D eigenvalue weighted by molar-refractivity contribution is 7.09. The van der Waals surface area contributed by atoms with Crippen LogP contribution in [-0.4, -0.2) is 15.0 Å². The Balaban J connectivity index is 2.08. The maximum Gasteiger partial charge on any atom is 0.182 e. The molecule has 0 bridgehead atoms. The monoisotopic (exact) mass is 231 g/mol. The molecule has 0 saturated heterocycles. The van der Waals surface area contributed by atoms with Gasteiger partial charge in [-0.15, -0.1) is 11.3 Å². The van der Waals surface area contributed by atoms with Gasteiger partial charge >= 0.3 is 0 Å². The summed E-state index contributed by atoms with van der Waals surface area (Å²) in [4.78, 5) is 12.3. The first-order valence-corrected chi connectivity index (χ1v) is 5.53. The van der Waals surface area contributed by atoms with E-state index in [4.69, 9.17) is 5.26 Å². The molecule has 0 amide bonds. The van der Waals surface area contributed by atoms with Crippen molar-refractivity contribution >= 4 is 17.2 Å². The van der Waals surface area contributed by atoms with E-state index in [1.807, 2.05) is 18.4 Å². The van der Waals surface area contributed by atoms with E-state index in [0.717, 1.165) is 10.7 Å². The summed E-state index contributed by atoms with van der Waals surface area (Å²) in [6.45, 7) is 2.51. The average molecular weight is 231 g/mol. The molecule has 2 aromatic rings. The maximum atomic E-state index is 8.81. The zero-order valence-electron chi connectivity index (χ0n) is 8.64. The molecule has 5 nitrogen and oxygen atoms in total. The summed E-state index contributed by atoms with van der Waals surface area (Å²) in [6, 6.07) is 1.98. The van der Waals surface area contributed by atoms with Gasteiger partial charge in [0.2, 0.25) is 0 Å².